The van der Waals surface area contributed by atoms with Crippen LogP contribution in [-0.4, -0.2) is 50.6 Å². The largest absolute Gasteiger partial charge is 0.487 e. The second-order valence-corrected chi connectivity index (χ2v) is 6.27. The molecule has 0 saturated heterocycles. The summed E-state index contributed by atoms with van der Waals surface area (Å²) in [7, 11) is 3.19. The summed E-state index contributed by atoms with van der Waals surface area (Å²) in [5, 5.41) is 3.82. The molecule has 0 aliphatic carbocycles. The number of anilines is 2. The second-order valence-electron chi connectivity index (χ2n) is 6.27. The molecule has 0 atom stereocenters. The zero-order chi connectivity index (χ0) is 21.3. The van der Waals surface area contributed by atoms with E-state index in [-0.39, 0.29) is 0 Å². The summed E-state index contributed by atoms with van der Waals surface area (Å²) in [5.41, 5.74) is 1.49. The Balaban J connectivity index is 2.03. The zero-order valence-corrected chi connectivity index (χ0v) is 16.9. The molecular weight excluding hydrogens is 386 g/mol. The molecule has 0 bridgehead atoms. The van der Waals surface area contributed by atoms with Gasteiger partial charge in [0.15, 0.2) is 11.5 Å². The normalized spacial score (nSPS) is 10.6. The number of rotatable bonds is 10. The van der Waals surface area contributed by atoms with Gasteiger partial charge in [-0.1, -0.05) is 12.0 Å². The predicted molar refractivity (Wildman–Crippen MR) is 115 cm³/mol. The van der Waals surface area contributed by atoms with Crippen molar-refractivity contribution in [1.29, 1.82) is 0 Å². The molecule has 156 valence electrons. The monoisotopic (exact) mass is 409 g/mol. The minimum absolute atomic E-state index is 0.335. The third-order valence-electron chi connectivity index (χ3n) is 4.18. The Morgan fingerprint density at radius 2 is 1.73 bits per heavy atom. The van der Waals surface area contributed by atoms with Gasteiger partial charge in [0, 0.05) is 36.9 Å². The van der Waals surface area contributed by atoms with Gasteiger partial charge in [-0.25, -0.2) is 4.79 Å². The number of nitrogens with zero attached hydrogens (tertiary/aromatic N) is 1. The standard InChI is InChI=1S/C22H23N3O5/c1-4-15-6-5-7-16(12-15)23-21-17-13-19(29-10-8-27-2)20(30-11-9-28-3)14-18(17)24-22(26)25-21/h1,5-7,12-14H,8-11H2,2-3H3,(H2,23,24,25,26). The molecule has 8 heteroatoms. The summed E-state index contributed by atoms with van der Waals surface area (Å²) < 4.78 is 21.7. The Hall–Kier alpha value is -3.54. The van der Waals surface area contributed by atoms with Crippen molar-refractivity contribution in [2.45, 2.75) is 0 Å². The van der Waals surface area contributed by atoms with Gasteiger partial charge in [-0.2, -0.15) is 4.98 Å². The Morgan fingerprint density at radius 1 is 1.03 bits per heavy atom. The fourth-order valence-corrected chi connectivity index (χ4v) is 2.78. The number of aromatic amines is 1. The van der Waals surface area contributed by atoms with Crippen LogP contribution in [0.15, 0.2) is 41.2 Å². The number of aromatic nitrogens is 2. The van der Waals surface area contributed by atoms with Gasteiger partial charge in [0.2, 0.25) is 0 Å². The molecule has 0 aliphatic heterocycles. The van der Waals surface area contributed by atoms with E-state index in [9.17, 15) is 4.79 Å². The molecule has 1 heterocycles. The van der Waals surface area contributed by atoms with Crippen LogP contribution in [0, 0.1) is 12.3 Å². The van der Waals surface area contributed by atoms with E-state index in [0.717, 1.165) is 0 Å². The van der Waals surface area contributed by atoms with Crippen LogP contribution in [-0.2, 0) is 9.47 Å². The number of terminal acetylenes is 1. The maximum atomic E-state index is 12.1. The van der Waals surface area contributed by atoms with Crippen LogP contribution in [0.25, 0.3) is 10.9 Å². The molecule has 0 saturated carbocycles. The molecule has 0 radical (unpaired) electrons. The fraction of sp³-hybridized carbons (Fsp3) is 0.273. The second kappa shape index (κ2) is 10.3. The number of nitrogens with one attached hydrogen (secondary N) is 2. The smallest absolute Gasteiger partial charge is 0.347 e. The van der Waals surface area contributed by atoms with E-state index in [1.165, 1.54) is 0 Å². The van der Waals surface area contributed by atoms with Crippen molar-refractivity contribution >= 4 is 22.4 Å². The van der Waals surface area contributed by atoms with Crippen molar-refractivity contribution < 1.29 is 18.9 Å². The summed E-state index contributed by atoms with van der Waals surface area (Å²) in [4.78, 5) is 19.0. The molecule has 0 fully saturated rings. The average Bonchev–Trinajstić information content (AvgIpc) is 2.74. The van der Waals surface area contributed by atoms with Gasteiger partial charge in [-0.3, -0.25) is 0 Å². The molecule has 2 N–H and O–H groups in total. The molecular formula is C22H23N3O5. The summed E-state index contributed by atoms with van der Waals surface area (Å²) >= 11 is 0. The molecule has 0 aliphatic rings. The van der Waals surface area contributed by atoms with E-state index in [2.05, 4.69) is 21.2 Å². The van der Waals surface area contributed by atoms with Crippen molar-refractivity contribution in [1.82, 2.24) is 9.97 Å². The van der Waals surface area contributed by atoms with Crippen LogP contribution >= 0.6 is 0 Å². The number of H-pyrrole nitrogens is 1. The molecule has 0 amide bonds. The Bertz CT molecular complexity index is 1100. The van der Waals surface area contributed by atoms with E-state index in [0.29, 0.717) is 65.9 Å². The molecule has 0 spiro atoms. The third kappa shape index (κ3) is 5.29. The molecule has 3 aromatic rings. The number of ether oxygens (including phenoxy) is 4. The van der Waals surface area contributed by atoms with Gasteiger partial charge in [-0.15, -0.1) is 6.42 Å². The first-order valence-electron chi connectivity index (χ1n) is 9.30. The predicted octanol–water partition coefficient (Wildman–Crippen LogP) is 2.70. The lowest BCUT2D eigenvalue weighted by Crippen LogP contribution is -2.14. The van der Waals surface area contributed by atoms with Crippen LogP contribution in [0.5, 0.6) is 11.5 Å². The fourth-order valence-electron chi connectivity index (χ4n) is 2.78. The molecule has 30 heavy (non-hydrogen) atoms. The average molecular weight is 409 g/mol. The number of benzene rings is 2. The van der Waals surface area contributed by atoms with Gasteiger partial charge < -0.3 is 29.2 Å². The first-order valence-corrected chi connectivity index (χ1v) is 9.30. The zero-order valence-electron chi connectivity index (χ0n) is 16.9. The lowest BCUT2D eigenvalue weighted by atomic mass is 10.2. The third-order valence-corrected chi connectivity index (χ3v) is 4.18. The number of hydrogen-bond donors (Lipinski definition) is 2. The van der Waals surface area contributed by atoms with E-state index in [4.69, 9.17) is 25.4 Å². The lowest BCUT2D eigenvalue weighted by molar-refractivity contribution is 0.132. The van der Waals surface area contributed by atoms with Crippen LogP contribution < -0.4 is 20.5 Å². The van der Waals surface area contributed by atoms with Crippen molar-refractivity contribution in [3.05, 3.63) is 52.4 Å². The molecule has 2 aromatic carbocycles. The summed E-state index contributed by atoms with van der Waals surface area (Å²) in [6.07, 6.45) is 5.47. The van der Waals surface area contributed by atoms with Gasteiger partial charge in [-0.05, 0) is 24.3 Å². The van der Waals surface area contributed by atoms with E-state index in [1.807, 2.05) is 18.2 Å². The highest BCUT2D eigenvalue weighted by molar-refractivity contribution is 5.93. The van der Waals surface area contributed by atoms with E-state index >= 15 is 0 Å². The van der Waals surface area contributed by atoms with Crippen LogP contribution in [0.4, 0.5) is 11.5 Å². The maximum absolute atomic E-state index is 12.1. The van der Waals surface area contributed by atoms with Crippen LogP contribution in [0.1, 0.15) is 5.56 Å². The Morgan fingerprint density at radius 3 is 2.40 bits per heavy atom. The number of fused-ring (bicyclic) bond motifs is 1. The summed E-state index contributed by atoms with van der Waals surface area (Å²) in [6, 6.07) is 10.8. The Kier molecular flexibility index (Phi) is 7.27. The highest BCUT2D eigenvalue weighted by atomic mass is 16.5. The number of methoxy groups -OCH3 is 2. The molecule has 0 unspecified atom stereocenters. The quantitative estimate of drug-likeness (QED) is 0.393. The van der Waals surface area contributed by atoms with Crippen LogP contribution in [0.3, 0.4) is 0 Å². The Labute approximate surface area is 174 Å². The SMILES string of the molecule is C#Cc1cccc(Nc2nc(=O)[nH]c3cc(OCCOC)c(OCCOC)cc23)c1. The number of hydrogen-bond acceptors (Lipinski definition) is 7. The van der Waals surface area contributed by atoms with E-state index in [1.54, 1.807) is 32.4 Å². The van der Waals surface area contributed by atoms with Gasteiger partial charge in [0.05, 0.1) is 18.7 Å². The first-order chi connectivity index (χ1) is 14.6. The minimum Gasteiger partial charge on any atom is -0.487 e. The van der Waals surface area contributed by atoms with Crippen LogP contribution in [0.2, 0.25) is 0 Å². The molecule has 8 nitrogen and oxygen atoms in total. The highest BCUT2D eigenvalue weighted by Gasteiger charge is 2.13. The van der Waals surface area contributed by atoms with Gasteiger partial charge in [0.1, 0.15) is 19.0 Å². The van der Waals surface area contributed by atoms with Gasteiger partial charge in [0.25, 0.3) is 0 Å². The maximum Gasteiger partial charge on any atom is 0.347 e. The van der Waals surface area contributed by atoms with E-state index < -0.39 is 5.69 Å². The highest BCUT2D eigenvalue weighted by Crippen LogP contribution is 2.34. The lowest BCUT2D eigenvalue weighted by Gasteiger charge is -2.15. The topological polar surface area (TPSA) is 94.7 Å². The first kappa shape index (κ1) is 21.2. The minimum atomic E-state index is -0.492. The van der Waals surface area contributed by atoms with Crippen molar-refractivity contribution in [2.75, 3.05) is 46.0 Å². The summed E-state index contributed by atoms with van der Waals surface area (Å²) in [5.74, 6) is 3.95. The van der Waals surface area contributed by atoms with Gasteiger partial charge >= 0.3 is 5.69 Å². The molecule has 3 rings (SSSR count). The van der Waals surface area contributed by atoms with Crippen molar-refractivity contribution in [3.63, 3.8) is 0 Å². The van der Waals surface area contributed by atoms with Crippen molar-refractivity contribution in [3.8, 4) is 23.8 Å². The van der Waals surface area contributed by atoms with Crippen molar-refractivity contribution in [2.24, 2.45) is 0 Å². The molecule has 1 aromatic heterocycles. The summed E-state index contributed by atoms with van der Waals surface area (Å²) in [6.45, 7) is 1.51.